The van der Waals surface area contributed by atoms with E-state index in [1.165, 1.54) is 5.57 Å². The molecule has 2 N–H and O–H groups in total. The van der Waals surface area contributed by atoms with Crippen LogP contribution in [-0.4, -0.2) is 22.2 Å². The van der Waals surface area contributed by atoms with Crippen molar-refractivity contribution >= 4 is 28.8 Å². The zero-order chi connectivity index (χ0) is 24.4. The van der Waals surface area contributed by atoms with Gasteiger partial charge in [-0.2, -0.15) is 0 Å². The minimum atomic E-state index is -0.242. The number of rotatable bonds is 7. The Balaban J connectivity index is 1.53. The van der Waals surface area contributed by atoms with Gasteiger partial charge in [0.25, 0.3) is 5.91 Å². The summed E-state index contributed by atoms with van der Waals surface area (Å²) in [6.07, 6.45) is 9.91. The highest BCUT2D eigenvalue weighted by molar-refractivity contribution is 6.06. The molecule has 1 aliphatic carbocycles. The highest BCUT2D eigenvalue weighted by atomic mass is 16.1. The van der Waals surface area contributed by atoms with Gasteiger partial charge in [0.15, 0.2) is 0 Å². The molecule has 174 valence electrons. The third-order valence-corrected chi connectivity index (χ3v) is 6.63. The molecule has 0 bridgehead atoms. The maximum absolute atomic E-state index is 13.4. The van der Waals surface area contributed by atoms with E-state index in [-0.39, 0.29) is 11.9 Å². The fraction of sp³-hybridized carbons (Fsp3) is 0.167. The van der Waals surface area contributed by atoms with Crippen LogP contribution in [0.2, 0.25) is 0 Å². The van der Waals surface area contributed by atoms with Crippen LogP contribution in [0.1, 0.15) is 59.8 Å². The average molecular weight is 462 g/mol. The molecule has 1 unspecified atom stereocenters. The number of allylic oxidation sites excluding steroid dienone is 4. The van der Waals surface area contributed by atoms with Gasteiger partial charge in [0.1, 0.15) is 11.9 Å². The Hall–Kier alpha value is -4.25. The van der Waals surface area contributed by atoms with Crippen LogP contribution in [0.3, 0.4) is 0 Å². The largest absolute Gasteiger partial charge is 0.346 e. The first-order chi connectivity index (χ1) is 17.1. The number of aromatic amines is 1. The SMILES string of the molecule is C/C(=C\C=C(/C)c1cccc2c1-c1ccccc1C2NC(=O)c1ccnc2[nH]ccc12)CCC=O. The quantitative estimate of drug-likeness (QED) is 0.247. The summed E-state index contributed by atoms with van der Waals surface area (Å²) in [6.45, 7) is 4.15. The van der Waals surface area contributed by atoms with Crippen molar-refractivity contribution in [2.24, 2.45) is 0 Å². The van der Waals surface area contributed by atoms with Crippen molar-refractivity contribution in [2.75, 3.05) is 0 Å². The van der Waals surface area contributed by atoms with Gasteiger partial charge in [-0.05, 0) is 65.8 Å². The number of hydrogen-bond donors (Lipinski definition) is 2. The summed E-state index contributed by atoms with van der Waals surface area (Å²) in [4.78, 5) is 31.5. The Kier molecular flexibility index (Phi) is 6.15. The molecule has 4 aromatic rings. The molecular weight excluding hydrogens is 434 g/mol. The predicted octanol–water partition coefficient (Wildman–Crippen LogP) is 6.39. The van der Waals surface area contributed by atoms with Gasteiger partial charge in [-0.1, -0.05) is 60.2 Å². The molecule has 5 rings (SSSR count). The second-order valence-electron chi connectivity index (χ2n) is 8.93. The van der Waals surface area contributed by atoms with E-state index in [1.54, 1.807) is 18.5 Å². The third-order valence-electron chi connectivity index (χ3n) is 6.63. The number of benzene rings is 2. The van der Waals surface area contributed by atoms with Crippen molar-refractivity contribution in [1.29, 1.82) is 0 Å². The van der Waals surface area contributed by atoms with Crippen LogP contribution in [0.15, 0.2) is 84.7 Å². The van der Waals surface area contributed by atoms with Gasteiger partial charge in [-0.25, -0.2) is 4.98 Å². The zero-order valence-corrected chi connectivity index (χ0v) is 19.8. The fourth-order valence-corrected chi connectivity index (χ4v) is 4.83. The van der Waals surface area contributed by atoms with E-state index < -0.39 is 0 Å². The molecule has 2 aromatic carbocycles. The van der Waals surface area contributed by atoms with Crippen molar-refractivity contribution in [3.63, 3.8) is 0 Å². The summed E-state index contributed by atoms with van der Waals surface area (Å²) in [5, 5.41) is 4.09. The van der Waals surface area contributed by atoms with Crippen molar-refractivity contribution < 1.29 is 9.59 Å². The van der Waals surface area contributed by atoms with E-state index in [9.17, 15) is 9.59 Å². The first-order valence-electron chi connectivity index (χ1n) is 11.8. The molecule has 0 fully saturated rings. The van der Waals surface area contributed by atoms with Crippen LogP contribution < -0.4 is 5.32 Å². The predicted molar refractivity (Wildman–Crippen MR) is 140 cm³/mol. The van der Waals surface area contributed by atoms with Gasteiger partial charge in [-0.3, -0.25) is 4.79 Å². The van der Waals surface area contributed by atoms with Crippen molar-refractivity contribution in [3.05, 3.63) is 107 Å². The maximum atomic E-state index is 13.4. The minimum absolute atomic E-state index is 0.129. The highest BCUT2D eigenvalue weighted by Gasteiger charge is 2.32. The van der Waals surface area contributed by atoms with Gasteiger partial charge in [0.05, 0.1) is 11.6 Å². The number of carbonyl (C=O) groups excluding carboxylic acids is 2. The molecule has 0 saturated carbocycles. The molecule has 1 amide bonds. The number of aldehydes is 1. The number of carbonyl (C=O) groups is 2. The molecule has 35 heavy (non-hydrogen) atoms. The van der Waals surface area contributed by atoms with E-state index in [4.69, 9.17) is 0 Å². The summed E-state index contributed by atoms with van der Waals surface area (Å²) in [7, 11) is 0. The molecule has 0 radical (unpaired) electrons. The molecule has 2 aromatic heterocycles. The highest BCUT2D eigenvalue weighted by Crippen LogP contribution is 2.46. The summed E-state index contributed by atoms with van der Waals surface area (Å²) in [6, 6.07) is 17.9. The standard InChI is InChI=1S/C30H27N3O2/c1-19(7-6-18-34)12-13-20(2)21-10-5-11-26-27(21)22-8-3-4-9-23(22)28(26)33-30(35)25-15-17-32-29-24(25)14-16-31-29/h3-5,8-18,28H,6-7H2,1-2H3,(H,31,32)(H,33,35)/b19-12+,20-13+. The number of aromatic nitrogens is 2. The molecule has 1 aliphatic rings. The first kappa shape index (κ1) is 22.5. The fourth-order valence-electron chi connectivity index (χ4n) is 4.83. The lowest BCUT2D eigenvalue weighted by Gasteiger charge is -2.17. The number of nitrogens with one attached hydrogen (secondary N) is 2. The van der Waals surface area contributed by atoms with Crippen LogP contribution in [0.4, 0.5) is 0 Å². The average Bonchev–Trinajstić information content (AvgIpc) is 3.49. The lowest BCUT2D eigenvalue weighted by molar-refractivity contribution is -0.107. The molecule has 5 heteroatoms. The number of H-pyrrole nitrogens is 1. The summed E-state index contributed by atoms with van der Waals surface area (Å²) in [5.74, 6) is -0.129. The lowest BCUT2D eigenvalue weighted by atomic mass is 9.94. The van der Waals surface area contributed by atoms with E-state index in [0.717, 1.165) is 51.5 Å². The van der Waals surface area contributed by atoms with E-state index in [2.05, 4.69) is 64.7 Å². The monoisotopic (exact) mass is 461 g/mol. The van der Waals surface area contributed by atoms with E-state index in [0.29, 0.717) is 17.6 Å². The molecule has 1 atom stereocenters. The second-order valence-corrected chi connectivity index (χ2v) is 8.93. The lowest BCUT2D eigenvalue weighted by Crippen LogP contribution is -2.28. The number of pyridine rings is 1. The smallest absolute Gasteiger partial charge is 0.252 e. The topological polar surface area (TPSA) is 74.8 Å². The zero-order valence-electron chi connectivity index (χ0n) is 19.8. The summed E-state index contributed by atoms with van der Waals surface area (Å²) >= 11 is 0. The summed E-state index contributed by atoms with van der Waals surface area (Å²) < 4.78 is 0. The van der Waals surface area contributed by atoms with Crippen molar-refractivity contribution in [1.82, 2.24) is 15.3 Å². The van der Waals surface area contributed by atoms with Gasteiger partial charge in [-0.15, -0.1) is 0 Å². The van der Waals surface area contributed by atoms with Crippen LogP contribution in [0.5, 0.6) is 0 Å². The normalized spacial score (nSPS) is 15.1. The molecule has 0 spiro atoms. The Morgan fingerprint density at radius 1 is 1.00 bits per heavy atom. The second kappa shape index (κ2) is 9.55. The minimum Gasteiger partial charge on any atom is -0.346 e. The molecule has 0 aliphatic heterocycles. The van der Waals surface area contributed by atoms with Gasteiger partial charge < -0.3 is 15.1 Å². The van der Waals surface area contributed by atoms with Gasteiger partial charge in [0, 0.05) is 24.2 Å². The van der Waals surface area contributed by atoms with Gasteiger partial charge >= 0.3 is 0 Å². The Morgan fingerprint density at radius 3 is 2.69 bits per heavy atom. The Bertz CT molecular complexity index is 1490. The number of hydrogen-bond acceptors (Lipinski definition) is 3. The number of fused-ring (bicyclic) bond motifs is 4. The molecule has 5 nitrogen and oxygen atoms in total. The van der Waals surface area contributed by atoms with Crippen molar-refractivity contribution in [3.8, 4) is 11.1 Å². The Labute approximate surface area is 204 Å². The van der Waals surface area contributed by atoms with Gasteiger partial charge in [0.2, 0.25) is 0 Å². The van der Waals surface area contributed by atoms with Crippen LogP contribution in [-0.2, 0) is 4.79 Å². The number of nitrogens with zero attached hydrogens (tertiary/aromatic N) is 1. The molecule has 0 saturated heterocycles. The van der Waals surface area contributed by atoms with E-state index in [1.807, 2.05) is 25.1 Å². The van der Waals surface area contributed by atoms with Crippen LogP contribution in [0, 0.1) is 0 Å². The third kappa shape index (κ3) is 4.21. The molecule has 2 heterocycles. The van der Waals surface area contributed by atoms with Crippen molar-refractivity contribution in [2.45, 2.75) is 32.7 Å². The first-order valence-corrected chi connectivity index (χ1v) is 11.8. The Morgan fingerprint density at radius 2 is 1.83 bits per heavy atom. The van der Waals surface area contributed by atoms with Crippen LogP contribution >= 0.6 is 0 Å². The number of amides is 1. The molecular formula is C30H27N3O2. The van der Waals surface area contributed by atoms with Crippen LogP contribution in [0.25, 0.3) is 27.7 Å². The summed E-state index contributed by atoms with van der Waals surface area (Å²) in [5.41, 5.74) is 9.22. The maximum Gasteiger partial charge on any atom is 0.252 e. The van der Waals surface area contributed by atoms with E-state index >= 15 is 0 Å².